The Morgan fingerprint density at radius 2 is 1.91 bits per heavy atom. The van der Waals surface area contributed by atoms with Gasteiger partial charge < -0.3 is 4.74 Å². The van der Waals surface area contributed by atoms with Gasteiger partial charge in [0.1, 0.15) is 12.4 Å². The quantitative estimate of drug-likeness (QED) is 0.288. The Labute approximate surface area is 142 Å². The molecular weight excluding hydrogens is 434 g/mol. The van der Waals surface area contributed by atoms with Crippen molar-refractivity contribution < 1.29 is 31.5 Å². The van der Waals surface area contributed by atoms with E-state index in [-0.39, 0.29) is 3.57 Å². The maximum atomic E-state index is 13.7. The Bertz CT molecular complexity index is 657. The fourth-order valence-corrected chi connectivity index (χ4v) is 3.11. The molecule has 1 fully saturated rings. The van der Waals surface area contributed by atoms with E-state index in [1.165, 1.54) is 22.6 Å². The molecule has 2 nitrogen and oxygen atoms in total. The molecule has 8 heteroatoms. The average molecular weight is 446 g/mol. The number of rotatable bonds is 4. The second-order valence-electron chi connectivity index (χ2n) is 5.84. The van der Waals surface area contributed by atoms with Crippen molar-refractivity contribution in [2.45, 2.75) is 20.5 Å². The van der Waals surface area contributed by atoms with Crippen molar-refractivity contribution in [2.75, 3.05) is 0 Å². The van der Waals surface area contributed by atoms with Gasteiger partial charge in [-0.15, -0.1) is 0 Å². The summed E-state index contributed by atoms with van der Waals surface area (Å²) in [7, 11) is 0. The fraction of sp³-hybridized carbons (Fsp3) is 0.400. The lowest BCUT2D eigenvalue weighted by Gasteiger charge is -2.10. The van der Waals surface area contributed by atoms with E-state index in [2.05, 4.69) is 0 Å². The summed E-state index contributed by atoms with van der Waals surface area (Å²) in [4.78, 5) is 12.0. The van der Waals surface area contributed by atoms with Gasteiger partial charge in [0.05, 0.1) is 9.49 Å². The monoisotopic (exact) mass is 446 g/mol. The van der Waals surface area contributed by atoms with E-state index in [1.54, 1.807) is 13.8 Å². The molecule has 2 atom stereocenters. The first-order valence-corrected chi connectivity index (χ1v) is 7.66. The van der Waals surface area contributed by atoms with Crippen LogP contribution in [0.15, 0.2) is 18.2 Å². The molecule has 0 bridgehead atoms. The van der Waals surface area contributed by atoms with Gasteiger partial charge in [-0.1, -0.05) is 13.8 Å². The van der Waals surface area contributed by atoms with Gasteiger partial charge in [-0.05, 0) is 34.1 Å². The summed E-state index contributed by atoms with van der Waals surface area (Å²) < 4.78 is 69.6. The highest BCUT2D eigenvalue weighted by atomic mass is 127. The van der Waals surface area contributed by atoms with Crippen molar-refractivity contribution in [3.63, 3.8) is 0 Å². The van der Waals surface area contributed by atoms with Crippen LogP contribution in [0.2, 0.25) is 0 Å². The van der Waals surface area contributed by atoms with Gasteiger partial charge in [-0.2, -0.15) is 8.78 Å². The highest BCUT2D eigenvalue weighted by Gasteiger charge is 2.62. The van der Waals surface area contributed by atoms with Crippen molar-refractivity contribution >= 4 is 28.6 Å². The van der Waals surface area contributed by atoms with Crippen LogP contribution in [-0.4, -0.2) is 5.97 Å². The Morgan fingerprint density at radius 1 is 1.30 bits per heavy atom. The van der Waals surface area contributed by atoms with Crippen molar-refractivity contribution in [3.8, 4) is 0 Å². The van der Waals surface area contributed by atoms with E-state index >= 15 is 0 Å². The Kier molecular flexibility index (Phi) is 5.03. The van der Waals surface area contributed by atoms with Crippen molar-refractivity contribution in [2.24, 2.45) is 17.3 Å². The van der Waals surface area contributed by atoms with Crippen LogP contribution in [-0.2, 0) is 16.1 Å². The molecule has 0 unspecified atom stereocenters. The van der Waals surface area contributed by atoms with Gasteiger partial charge >= 0.3 is 5.97 Å². The number of esters is 1. The molecule has 23 heavy (non-hydrogen) atoms. The number of ether oxygens (including phenoxy) is 1. The topological polar surface area (TPSA) is 26.3 Å². The molecule has 0 saturated heterocycles. The molecule has 1 saturated carbocycles. The zero-order valence-electron chi connectivity index (χ0n) is 12.1. The molecular formula is C15H12F5IO2. The summed E-state index contributed by atoms with van der Waals surface area (Å²) in [5, 5.41) is 0. The molecule has 1 aromatic carbocycles. The summed E-state index contributed by atoms with van der Waals surface area (Å²) in [6.45, 7) is 2.57. The Morgan fingerprint density at radius 3 is 2.48 bits per heavy atom. The number of hydrogen-bond acceptors (Lipinski definition) is 2. The third kappa shape index (κ3) is 3.51. The summed E-state index contributed by atoms with van der Waals surface area (Å²) >= 11 is 1.47. The highest BCUT2D eigenvalue weighted by Crippen LogP contribution is 2.60. The number of halogens is 6. The summed E-state index contributed by atoms with van der Waals surface area (Å²) in [6.07, 6.45) is -1.22. The van der Waals surface area contributed by atoms with Crippen LogP contribution in [0.4, 0.5) is 22.0 Å². The summed E-state index contributed by atoms with van der Waals surface area (Å²) in [6, 6.07) is 0.400. The summed E-state index contributed by atoms with van der Waals surface area (Å²) in [5.74, 6) is -5.96. The van der Waals surface area contributed by atoms with Gasteiger partial charge in [-0.25, -0.2) is 13.2 Å². The first-order valence-electron chi connectivity index (χ1n) is 6.58. The van der Waals surface area contributed by atoms with Crippen molar-refractivity contribution in [1.82, 2.24) is 0 Å². The van der Waals surface area contributed by atoms with Crippen LogP contribution in [0, 0.1) is 38.3 Å². The average Bonchev–Trinajstić information content (AvgIpc) is 2.96. The number of carbonyl (C=O) groups is 1. The smallest absolute Gasteiger partial charge is 0.310 e. The van der Waals surface area contributed by atoms with Crippen LogP contribution < -0.4 is 0 Å². The molecule has 0 radical (unpaired) electrons. The van der Waals surface area contributed by atoms with Crippen molar-refractivity contribution in [1.29, 1.82) is 0 Å². The Hall–Kier alpha value is -1.19. The van der Waals surface area contributed by atoms with Gasteiger partial charge in [-0.3, -0.25) is 4.79 Å². The minimum absolute atomic E-state index is 0.199. The maximum Gasteiger partial charge on any atom is 0.310 e. The van der Waals surface area contributed by atoms with Gasteiger partial charge in [0.15, 0.2) is 11.6 Å². The molecule has 0 spiro atoms. The number of allylic oxidation sites excluding steroid dienone is 1. The predicted molar refractivity (Wildman–Crippen MR) is 79.9 cm³/mol. The van der Waals surface area contributed by atoms with Gasteiger partial charge in [0.2, 0.25) is 0 Å². The normalized spacial score (nSPS) is 21.7. The predicted octanol–water partition coefficient (Wildman–Crippen LogP) is 4.80. The lowest BCUT2D eigenvalue weighted by Crippen LogP contribution is -2.13. The van der Waals surface area contributed by atoms with Crippen molar-refractivity contribution in [3.05, 3.63) is 44.8 Å². The van der Waals surface area contributed by atoms with E-state index < -0.39 is 58.9 Å². The number of hydrogen-bond donors (Lipinski definition) is 0. The molecule has 1 aromatic rings. The standard InChI is InChI=1S/C15H12F5IO2/c1-15(2)7(3-10(18)19)11(15)14(22)23-5-6-12(20)8(16)4-9(17)13(6)21/h3-4,7,11H,5H2,1-2H3/t7-,11+/m1/s1. The zero-order chi connectivity index (χ0) is 17.5. The number of benzene rings is 1. The highest BCUT2D eigenvalue weighted by molar-refractivity contribution is 14.1. The third-order valence-corrected chi connectivity index (χ3v) is 5.20. The van der Waals surface area contributed by atoms with Crippen LogP contribution >= 0.6 is 22.6 Å². The molecule has 1 aliphatic carbocycles. The lowest BCUT2D eigenvalue weighted by atomic mass is 10.1. The first-order chi connectivity index (χ1) is 10.6. The van der Waals surface area contributed by atoms with E-state index in [9.17, 15) is 26.7 Å². The molecule has 0 heterocycles. The Balaban J connectivity index is 2.11. The second kappa shape index (κ2) is 6.37. The van der Waals surface area contributed by atoms with E-state index in [0.29, 0.717) is 12.1 Å². The molecule has 2 rings (SSSR count). The second-order valence-corrected chi connectivity index (χ2v) is 6.91. The van der Waals surface area contributed by atoms with E-state index in [4.69, 9.17) is 4.74 Å². The number of carbonyl (C=O) groups excluding carboxylic acids is 1. The van der Waals surface area contributed by atoms with Gasteiger partial charge in [0.25, 0.3) is 6.08 Å². The van der Waals surface area contributed by atoms with E-state index in [0.717, 1.165) is 0 Å². The minimum atomic E-state index is -1.90. The molecule has 0 aromatic heterocycles. The van der Waals surface area contributed by atoms with Gasteiger partial charge in [0, 0.05) is 17.5 Å². The zero-order valence-corrected chi connectivity index (χ0v) is 14.3. The maximum absolute atomic E-state index is 13.7. The van der Waals surface area contributed by atoms with Crippen LogP contribution in [0.1, 0.15) is 19.4 Å². The fourth-order valence-electron chi connectivity index (χ4n) is 2.56. The molecule has 0 aliphatic heterocycles. The molecule has 126 valence electrons. The van der Waals surface area contributed by atoms with E-state index in [1.807, 2.05) is 0 Å². The minimum Gasteiger partial charge on any atom is -0.460 e. The molecule has 1 aliphatic rings. The SMILES string of the molecule is CC1(C)[C@H](C=C(F)F)[C@H]1C(=O)OCc1c(F)c(F)cc(F)c1I. The largest absolute Gasteiger partial charge is 0.460 e. The summed E-state index contributed by atoms with van der Waals surface area (Å²) in [5.41, 5.74) is -1.13. The third-order valence-electron chi connectivity index (χ3n) is 4.03. The molecule has 0 N–H and O–H groups in total. The van der Waals surface area contributed by atoms with Crippen LogP contribution in [0.25, 0.3) is 0 Å². The first kappa shape index (κ1) is 18.2. The lowest BCUT2D eigenvalue weighted by molar-refractivity contribution is -0.147. The molecule has 0 amide bonds. The van der Waals surface area contributed by atoms with Crippen LogP contribution in [0.5, 0.6) is 0 Å². The van der Waals surface area contributed by atoms with Crippen LogP contribution in [0.3, 0.4) is 0 Å².